The van der Waals surface area contributed by atoms with Crippen molar-refractivity contribution in [3.63, 3.8) is 0 Å². The molecular formula is C8H14N2. The molecule has 0 saturated carbocycles. The van der Waals surface area contributed by atoms with Crippen molar-refractivity contribution in [2.24, 2.45) is 5.10 Å². The predicted octanol–water partition coefficient (Wildman–Crippen LogP) is 1.99. The van der Waals surface area contributed by atoms with Gasteiger partial charge in [-0.2, -0.15) is 5.10 Å². The third kappa shape index (κ3) is 1.38. The Morgan fingerprint density at radius 1 is 1.50 bits per heavy atom. The fraction of sp³-hybridized carbons (Fsp3) is 0.625. The van der Waals surface area contributed by atoms with E-state index in [1.165, 1.54) is 18.5 Å². The molecular weight excluding hydrogens is 124 g/mol. The molecule has 2 nitrogen and oxygen atoms in total. The van der Waals surface area contributed by atoms with Crippen LogP contribution in [0, 0.1) is 0 Å². The minimum absolute atomic E-state index is 1.09. The van der Waals surface area contributed by atoms with Crippen molar-refractivity contribution in [3.05, 3.63) is 11.8 Å². The van der Waals surface area contributed by atoms with Crippen LogP contribution in [0.25, 0.3) is 0 Å². The Balaban J connectivity index is 2.59. The van der Waals surface area contributed by atoms with Gasteiger partial charge in [0.1, 0.15) is 0 Å². The zero-order valence-corrected chi connectivity index (χ0v) is 6.67. The Morgan fingerprint density at radius 3 is 2.90 bits per heavy atom. The summed E-state index contributed by atoms with van der Waals surface area (Å²) < 4.78 is 0. The molecule has 2 heteroatoms. The van der Waals surface area contributed by atoms with E-state index in [0.29, 0.717) is 0 Å². The van der Waals surface area contributed by atoms with Gasteiger partial charge in [0, 0.05) is 18.5 Å². The van der Waals surface area contributed by atoms with Gasteiger partial charge < -0.3 is 0 Å². The molecule has 0 amide bonds. The molecule has 0 atom stereocenters. The molecule has 0 spiro atoms. The highest BCUT2D eigenvalue weighted by atomic mass is 15.5. The molecule has 56 valence electrons. The van der Waals surface area contributed by atoms with Gasteiger partial charge in [0.25, 0.3) is 0 Å². The minimum Gasteiger partial charge on any atom is -0.270 e. The molecule has 0 aromatic rings. The second kappa shape index (κ2) is 3.40. The molecule has 0 aromatic carbocycles. The Hall–Kier alpha value is -0.790. The highest BCUT2D eigenvalue weighted by molar-refractivity contribution is 5.53. The average Bonchev–Trinajstić information content (AvgIpc) is 2.36. The van der Waals surface area contributed by atoms with Crippen LogP contribution in [-0.4, -0.2) is 17.8 Å². The number of rotatable bonds is 1. The second-order valence-electron chi connectivity index (χ2n) is 2.38. The summed E-state index contributed by atoms with van der Waals surface area (Å²) in [7, 11) is 0. The first-order chi connectivity index (χ1) is 4.88. The van der Waals surface area contributed by atoms with Gasteiger partial charge in [-0.25, -0.2) is 0 Å². The molecule has 1 rings (SSSR count). The number of hydrazone groups is 1. The van der Waals surface area contributed by atoms with Crippen LogP contribution in [0.15, 0.2) is 16.9 Å². The number of hydrogen-bond donors (Lipinski definition) is 0. The van der Waals surface area contributed by atoms with E-state index in [1.54, 1.807) is 0 Å². The quantitative estimate of drug-likeness (QED) is 0.506. The van der Waals surface area contributed by atoms with Gasteiger partial charge in [0.2, 0.25) is 0 Å². The maximum absolute atomic E-state index is 4.22. The Labute approximate surface area is 62.2 Å². The summed E-state index contributed by atoms with van der Waals surface area (Å²) in [6.45, 7) is 5.11. The number of allylic oxidation sites excluding steroid dienone is 2. The third-order valence-corrected chi connectivity index (χ3v) is 1.72. The molecule has 0 aromatic heterocycles. The van der Waals surface area contributed by atoms with Gasteiger partial charge in [0.15, 0.2) is 0 Å². The van der Waals surface area contributed by atoms with Crippen LogP contribution in [0.5, 0.6) is 0 Å². The van der Waals surface area contributed by atoms with Crippen molar-refractivity contribution < 1.29 is 0 Å². The van der Waals surface area contributed by atoms with E-state index in [0.717, 1.165) is 6.54 Å². The van der Waals surface area contributed by atoms with Gasteiger partial charge >= 0.3 is 0 Å². The lowest BCUT2D eigenvalue weighted by Crippen LogP contribution is -2.08. The first-order valence-corrected chi connectivity index (χ1v) is 3.79. The van der Waals surface area contributed by atoms with Gasteiger partial charge in [-0.05, 0) is 26.7 Å². The van der Waals surface area contributed by atoms with Crippen LogP contribution >= 0.6 is 0 Å². The van der Waals surface area contributed by atoms with E-state index in [1.807, 2.05) is 13.1 Å². The van der Waals surface area contributed by atoms with Crippen LogP contribution in [0.4, 0.5) is 0 Å². The first-order valence-electron chi connectivity index (χ1n) is 3.79. The van der Waals surface area contributed by atoms with E-state index < -0.39 is 0 Å². The minimum atomic E-state index is 1.09. The lowest BCUT2D eigenvalue weighted by Gasteiger charge is -2.11. The Morgan fingerprint density at radius 2 is 2.30 bits per heavy atom. The maximum atomic E-state index is 4.22. The van der Waals surface area contributed by atoms with Crippen LogP contribution < -0.4 is 0 Å². The molecule has 1 aliphatic rings. The summed E-state index contributed by atoms with van der Waals surface area (Å²) in [5.74, 6) is 0. The SMILES string of the molecule is C/C=N\N1CCC/C1=C/C. The zero-order valence-electron chi connectivity index (χ0n) is 6.67. The summed E-state index contributed by atoms with van der Waals surface area (Å²) in [4.78, 5) is 0. The highest BCUT2D eigenvalue weighted by Gasteiger charge is 2.13. The van der Waals surface area contributed by atoms with Crippen molar-refractivity contribution in [1.82, 2.24) is 5.01 Å². The molecule has 0 aliphatic carbocycles. The topological polar surface area (TPSA) is 15.6 Å². The van der Waals surface area contributed by atoms with Crippen LogP contribution in [0.2, 0.25) is 0 Å². The number of nitrogens with zero attached hydrogens (tertiary/aromatic N) is 2. The molecule has 1 fully saturated rings. The molecule has 0 radical (unpaired) electrons. The van der Waals surface area contributed by atoms with Crippen molar-refractivity contribution in [3.8, 4) is 0 Å². The van der Waals surface area contributed by atoms with Crippen LogP contribution in [-0.2, 0) is 0 Å². The largest absolute Gasteiger partial charge is 0.270 e. The first kappa shape index (κ1) is 7.32. The highest BCUT2D eigenvalue weighted by Crippen LogP contribution is 2.20. The van der Waals surface area contributed by atoms with Gasteiger partial charge in [-0.15, -0.1) is 0 Å². The standard InChI is InChI=1S/C8H14N2/c1-3-8-6-5-7-10(8)9-4-2/h3-4H,5-7H2,1-2H3/b8-3-,9-4-. The smallest absolute Gasteiger partial charge is 0.0415 e. The Kier molecular flexibility index (Phi) is 2.49. The van der Waals surface area contributed by atoms with E-state index in [2.05, 4.69) is 23.1 Å². The van der Waals surface area contributed by atoms with E-state index in [9.17, 15) is 0 Å². The number of hydrogen-bond acceptors (Lipinski definition) is 2. The molecule has 1 heterocycles. The lowest BCUT2D eigenvalue weighted by atomic mass is 10.3. The van der Waals surface area contributed by atoms with Gasteiger partial charge in [-0.1, -0.05) is 6.08 Å². The van der Waals surface area contributed by atoms with Crippen LogP contribution in [0.1, 0.15) is 26.7 Å². The monoisotopic (exact) mass is 138 g/mol. The fourth-order valence-electron chi connectivity index (χ4n) is 1.25. The van der Waals surface area contributed by atoms with Crippen molar-refractivity contribution in [1.29, 1.82) is 0 Å². The fourth-order valence-corrected chi connectivity index (χ4v) is 1.25. The normalized spacial score (nSPS) is 23.4. The average molecular weight is 138 g/mol. The van der Waals surface area contributed by atoms with Crippen molar-refractivity contribution >= 4 is 6.21 Å². The Bertz CT molecular complexity index is 159. The van der Waals surface area contributed by atoms with E-state index in [-0.39, 0.29) is 0 Å². The maximum Gasteiger partial charge on any atom is 0.0415 e. The predicted molar refractivity (Wildman–Crippen MR) is 43.9 cm³/mol. The second-order valence-corrected chi connectivity index (χ2v) is 2.38. The van der Waals surface area contributed by atoms with Crippen molar-refractivity contribution in [2.45, 2.75) is 26.7 Å². The van der Waals surface area contributed by atoms with Crippen LogP contribution in [0.3, 0.4) is 0 Å². The molecule has 0 unspecified atom stereocenters. The molecule has 0 N–H and O–H groups in total. The molecule has 0 bridgehead atoms. The van der Waals surface area contributed by atoms with Gasteiger partial charge in [-0.3, -0.25) is 5.01 Å². The summed E-state index contributed by atoms with van der Waals surface area (Å²) in [5.41, 5.74) is 1.36. The van der Waals surface area contributed by atoms with E-state index >= 15 is 0 Å². The molecule has 1 saturated heterocycles. The van der Waals surface area contributed by atoms with Gasteiger partial charge in [0.05, 0.1) is 0 Å². The molecule has 10 heavy (non-hydrogen) atoms. The summed E-state index contributed by atoms with van der Waals surface area (Å²) in [6, 6.07) is 0. The zero-order chi connectivity index (χ0) is 7.40. The summed E-state index contributed by atoms with van der Waals surface area (Å²) >= 11 is 0. The summed E-state index contributed by atoms with van der Waals surface area (Å²) in [6.07, 6.45) is 6.42. The third-order valence-electron chi connectivity index (χ3n) is 1.72. The lowest BCUT2D eigenvalue weighted by molar-refractivity contribution is 0.420. The van der Waals surface area contributed by atoms with Crippen molar-refractivity contribution in [2.75, 3.05) is 6.54 Å². The van der Waals surface area contributed by atoms with E-state index in [4.69, 9.17) is 0 Å². The molecule has 1 aliphatic heterocycles. The summed E-state index contributed by atoms with van der Waals surface area (Å²) in [5, 5.41) is 6.29.